The van der Waals surface area contributed by atoms with Crippen LogP contribution in [0.5, 0.6) is 0 Å². The van der Waals surface area contributed by atoms with Gasteiger partial charge in [0.15, 0.2) is 0 Å². The van der Waals surface area contributed by atoms with Crippen molar-refractivity contribution in [1.82, 2.24) is 5.32 Å². The summed E-state index contributed by atoms with van der Waals surface area (Å²) in [5.74, 6) is -0.182. The number of nitrogens with one attached hydrogen (secondary N) is 1. The molecule has 2 atom stereocenters. The molecule has 0 aliphatic rings. The van der Waals surface area contributed by atoms with E-state index in [2.05, 4.69) is 24.4 Å². The number of benzene rings is 1. The summed E-state index contributed by atoms with van der Waals surface area (Å²) in [4.78, 5) is 12.0. The van der Waals surface area contributed by atoms with E-state index < -0.39 is 5.60 Å². The minimum Gasteiger partial charge on any atom is -0.460 e. The van der Waals surface area contributed by atoms with Gasteiger partial charge in [-0.3, -0.25) is 4.79 Å². The standard InChI is InChI=1S/C18H27NO2/c1-6-10-16(13-17(20)21-18(3,4)5)19-14(2)15-11-8-7-9-12-15/h6-12,14,16,19H,13H2,1-5H3/t14?,16-/m0/s1. The van der Waals surface area contributed by atoms with Gasteiger partial charge in [-0.05, 0) is 40.2 Å². The highest BCUT2D eigenvalue weighted by molar-refractivity contribution is 5.71. The van der Waals surface area contributed by atoms with Crippen molar-refractivity contribution < 1.29 is 9.53 Å². The van der Waals surface area contributed by atoms with Crippen LogP contribution in [0.15, 0.2) is 42.5 Å². The number of carbonyl (C=O) groups excluding carboxylic acids is 1. The predicted molar refractivity (Wildman–Crippen MR) is 87.1 cm³/mol. The number of ether oxygens (including phenoxy) is 1. The minimum atomic E-state index is -0.442. The third-order valence-corrected chi connectivity index (χ3v) is 3.00. The molecule has 0 fully saturated rings. The van der Waals surface area contributed by atoms with Gasteiger partial charge in [-0.25, -0.2) is 0 Å². The lowest BCUT2D eigenvalue weighted by atomic mass is 10.1. The van der Waals surface area contributed by atoms with E-state index in [1.54, 1.807) is 0 Å². The van der Waals surface area contributed by atoms with E-state index in [1.807, 2.05) is 58.0 Å². The second-order valence-electron chi connectivity index (χ2n) is 6.22. The van der Waals surface area contributed by atoms with Crippen LogP contribution in [0.1, 0.15) is 52.6 Å². The molecule has 0 spiro atoms. The molecule has 1 rings (SSSR count). The second kappa shape index (κ2) is 7.99. The Kier molecular flexibility index (Phi) is 6.63. The summed E-state index contributed by atoms with van der Waals surface area (Å²) in [5.41, 5.74) is 0.763. The lowest BCUT2D eigenvalue weighted by molar-refractivity contribution is -0.155. The van der Waals surface area contributed by atoms with E-state index in [9.17, 15) is 4.79 Å². The van der Waals surface area contributed by atoms with E-state index in [-0.39, 0.29) is 18.1 Å². The quantitative estimate of drug-likeness (QED) is 0.635. The largest absolute Gasteiger partial charge is 0.460 e. The van der Waals surface area contributed by atoms with Gasteiger partial charge in [0.2, 0.25) is 0 Å². The van der Waals surface area contributed by atoms with Gasteiger partial charge in [0.1, 0.15) is 5.60 Å². The number of esters is 1. The molecule has 0 aromatic heterocycles. The van der Waals surface area contributed by atoms with Gasteiger partial charge in [-0.15, -0.1) is 0 Å². The second-order valence-corrected chi connectivity index (χ2v) is 6.22. The molecule has 0 aliphatic heterocycles. The lowest BCUT2D eigenvalue weighted by Gasteiger charge is -2.24. The highest BCUT2D eigenvalue weighted by Crippen LogP contribution is 2.15. The zero-order chi connectivity index (χ0) is 15.9. The first-order chi connectivity index (χ1) is 9.81. The summed E-state index contributed by atoms with van der Waals surface area (Å²) in [6, 6.07) is 10.4. The van der Waals surface area contributed by atoms with Gasteiger partial charge in [0.25, 0.3) is 0 Å². The van der Waals surface area contributed by atoms with Crippen molar-refractivity contribution in [2.75, 3.05) is 0 Å². The smallest absolute Gasteiger partial charge is 0.308 e. The van der Waals surface area contributed by atoms with Crippen molar-refractivity contribution >= 4 is 5.97 Å². The summed E-state index contributed by atoms with van der Waals surface area (Å²) in [6.07, 6.45) is 4.29. The first-order valence-electron chi connectivity index (χ1n) is 7.47. The SMILES string of the molecule is CC=C[C@@H](CC(=O)OC(C)(C)C)NC(C)c1ccccc1. The van der Waals surface area contributed by atoms with E-state index in [0.717, 1.165) is 0 Å². The van der Waals surface area contributed by atoms with Gasteiger partial charge in [-0.1, -0.05) is 42.5 Å². The number of rotatable bonds is 6. The number of carbonyl (C=O) groups is 1. The molecule has 0 saturated carbocycles. The van der Waals surface area contributed by atoms with Gasteiger partial charge in [0.05, 0.1) is 6.42 Å². The monoisotopic (exact) mass is 289 g/mol. The van der Waals surface area contributed by atoms with Crippen LogP contribution in [-0.2, 0) is 9.53 Å². The molecule has 3 heteroatoms. The summed E-state index contributed by atoms with van der Waals surface area (Å²) in [6.45, 7) is 9.71. The van der Waals surface area contributed by atoms with Crippen LogP contribution in [0, 0.1) is 0 Å². The van der Waals surface area contributed by atoms with Crippen LogP contribution in [0.2, 0.25) is 0 Å². The number of allylic oxidation sites excluding steroid dienone is 1. The van der Waals surface area contributed by atoms with Crippen molar-refractivity contribution in [3.63, 3.8) is 0 Å². The minimum absolute atomic E-state index is 0.0277. The first-order valence-corrected chi connectivity index (χ1v) is 7.47. The summed E-state index contributed by atoms with van der Waals surface area (Å²) in [7, 11) is 0. The van der Waals surface area contributed by atoms with Crippen molar-refractivity contribution in [2.45, 2.75) is 58.7 Å². The Morgan fingerprint density at radius 3 is 2.43 bits per heavy atom. The molecule has 3 nitrogen and oxygen atoms in total. The lowest BCUT2D eigenvalue weighted by Crippen LogP contribution is -2.34. The molecule has 0 saturated heterocycles. The maximum Gasteiger partial charge on any atom is 0.308 e. The van der Waals surface area contributed by atoms with Crippen molar-refractivity contribution in [3.8, 4) is 0 Å². The molecule has 0 heterocycles. The van der Waals surface area contributed by atoms with Crippen molar-refractivity contribution in [2.24, 2.45) is 0 Å². The Labute approximate surface area is 128 Å². The fourth-order valence-electron chi connectivity index (χ4n) is 2.14. The van der Waals surface area contributed by atoms with Crippen LogP contribution < -0.4 is 5.32 Å². The summed E-state index contributed by atoms with van der Waals surface area (Å²) >= 11 is 0. The van der Waals surface area contributed by atoms with Gasteiger partial charge < -0.3 is 10.1 Å². The summed E-state index contributed by atoms with van der Waals surface area (Å²) < 4.78 is 5.39. The van der Waals surface area contributed by atoms with Crippen LogP contribution in [0.4, 0.5) is 0 Å². The predicted octanol–water partition coefficient (Wildman–Crippen LogP) is 4.01. The van der Waals surface area contributed by atoms with Gasteiger partial charge >= 0.3 is 5.97 Å². The van der Waals surface area contributed by atoms with E-state index in [0.29, 0.717) is 6.42 Å². The van der Waals surface area contributed by atoms with E-state index >= 15 is 0 Å². The molecule has 1 unspecified atom stereocenters. The van der Waals surface area contributed by atoms with Gasteiger partial charge in [-0.2, -0.15) is 0 Å². The van der Waals surface area contributed by atoms with E-state index in [1.165, 1.54) is 5.56 Å². The third kappa shape index (κ3) is 7.09. The summed E-state index contributed by atoms with van der Waals surface area (Å²) in [5, 5.41) is 3.46. The zero-order valence-corrected chi connectivity index (χ0v) is 13.7. The Morgan fingerprint density at radius 2 is 1.90 bits per heavy atom. The molecule has 0 aliphatic carbocycles. The molecular weight excluding hydrogens is 262 g/mol. The maximum atomic E-state index is 12.0. The Bertz CT molecular complexity index is 460. The van der Waals surface area contributed by atoms with Crippen LogP contribution in [0.25, 0.3) is 0 Å². The molecule has 0 amide bonds. The first kappa shape index (κ1) is 17.4. The fraction of sp³-hybridized carbons (Fsp3) is 0.500. The molecule has 0 bridgehead atoms. The van der Waals surface area contributed by atoms with Crippen LogP contribution >= 0.6 is 0 Å². The Balaban J connectivity index is 2.63. The van der Waals surface area contributed by atoms with Crippen molar-refractivity contribution in [3.05, 3.63) is 48.0 Å². The zero-order valence-electron chi connectivity index (χ0n) is 13.7. The van der Waals surface area contributed by atoms with E-state index in [4.69, 9.17) is 4.74 Å². The average molecular weight is 289 g/mol. The van der Waals surface area contributed by atoms with Gasteiger partial charge in [0, 0.05) is 12.1 Å². The number of hydrogen-bond acceptors (Lipinski definition) is 3. The molecule has 1 aromatic rings. The molecule has 1 aromatic carbocycles. The fourth-order valence-corrected chi connectivity index (χ4v) is 2.14. The highest BCUT2D eigenvalue weighted by atomic mass is 16.6. The van der Waals surface area contributed by atoms with Crippen LogP contribution in [-0.4, -0.2) is 17.6 Å². The Hall–Kier alpha value is -1.61. The molecule has 116 valence electrons. The molecular formula is C18H27NO2. The highest BCUT2D eigenvalue weighted by Gasteiger charge is 2.20. The van der Waals surface area contributed by atoms with Crippen LogP contribution in [0.3, 0.4) is 0 Å². The Morgan fingerprint density at radius 1 is 1.29 bits per heavy atom. The normalized spacial score (nSPS) is 14.9. The molecule has 1 N–H and O–H groups in total. The number of hydrogen-bond donors (Lipinski definition) is 1. The molecule has 0 radical (unpaired) electrons. The average Bonchev–Trinajstić information content (AvgIpc) is 2.37. The molecule has 21 heavy (non-hydrogen) atoms. The topological polar surface area (TPSA) is 38.3 Å². The maximum absolute atomic E-state index is 12.0. The third-order valence-electron chi connectivity index (χ3n) is 3.00. The van der Waals surface area contributed by atoms with Crippen molar-refractivity contribution in [1.29, 1.82) is 0 Å².